The predicted octanol–water partition coefficient (Wildman–Crippen LogP) is 5.12. The Labute approximate surface area is 128 Å². The van der Waals surface area contributed by atoms with Crippen LogP contribution in [-0.4, -0.2) is 12.3 Å². The molecule has 0 N–H and O–H groups in total. The molecule has 2 nitrogen and oxygen atoms in total. The lowest BCUT2D eigenvalue weighted by molar-refractivity contribution is 0.101. The Morgan fingerprint density at radius 3 is 2.30 bits per heavy atom. The largest absolute Gasteiger partial charge is 0.341 e. The second-order valence-corrected chi connectivity index (χ2v) is 5.66. The van der Waals surface area contributed by atoms with E-state index in [4.69, 9.17) is 0 Å². The molecule has 0 aromatic heterocycles. The molecule has 0 aliphatic carbocycles. The smallest absolute Gasteiger partial charge is 0.159 e. The van der Waals surface area contributed by atoms with Gasteiger partial charge in [-0.15, -0.1) is 0 Å². The van der Waals surface area contributed by atoms with E-state index in [-0.39, 0.29) is 5.78 Å². The molecule has 0 radical (unpaired) electrons. The van der Waals surface area contributed by atoms with Crippen molar-refractivity contribution >= 4 is 33.1 Å². The number of carbonyl (C=O) groups excluding carboxylic acids is 1. The molecular weight excluding hydrogens is 314 g/mol. The number of hydrogen-bond donors (Lipinski definition) is 0. The Morgan fingerprint density at radius 1 is 1.15 bits per heavy atom. The first kappa shape index (κ1) is 14.8. The summed E-state index contributed by atoms with van der Waals surface area (Å²) in [4.78, 5) is 13.6. The fourth-order valence-electron chi connectivity index (χ4n) is 2.16. The van der Waals surface area contributed by atoms with E-state index in [9.17, 15) is 4.79 Å². The second-order valence-electron chi connectivity index (χ2n) is 4.80. The van der Waals surface area contributed by atoms with Gasteiger partial charge in [0, 0.05) is 22.3 Å². The van der Waals surface area contributed by atoms with Crippen molar-refractivity contribution < 1.29 is 4.79 Å². The molecule has 2 aromatic rings. The van der Waals surface area contributed by atoms with Gasteiger partial charge in [-0.05, 0) is 67.0 Å². The van der Waals surface area contributed by atoms with Crippen LogP contribution in [0.25, 0.3) is 0 Å². The minimum absolute atomic E-state index is 0.0793. The zero-order valence-corrected chi connectivity index (χ0v) is 13.6. The average Bonchev–Trinajstić information content (AvgIpc) is 2.43. The molecule has 20 heavy (non-hydrogen) atoms. The van der Waals surface area contributed by atoms with Crippen LogP contribution in [-0.2, 0) is 0 Å². The van der Waals surface area contributed by atoms with Crippen molar-refractivity contribution in [3.05, 3.63) is 58.1 Å². The lowest BCUT2D eigenvalue weighted by atomic mass is 10.1. The Kier molecular flexibility index (Phi) is 4.61. The maximum Gasteiger partial charge on any atom is 0.159 e. The van der Waals surface area contributed by atoms with Crippen LogP contribution in [0.3, 0.4) is 0 Å². The minimum atomic E-state index is 0.0793. The number of anilines is 2. The van der Waals surface area contributed by atoms with Crippen LogP contribution in [0.5, 0.6) is 0 Å². The molecule has 0 saturated heterocycles. The highest BCUT2D eigenvalue weighted by molar-refractivity contribution is 9.10. The van der Waals surface area contributed by atoms with Gasteiger partial charge >= 0.3 is 0 Å². The molecule has 0 bridgehead atoms. The van der Waals surface area contributed by atoms with Gasteiger partial charge in [0.25, 0.3) is 0 Å². The summed E-state index contributed by atoms with van der Waals surface area (Å²) in [6, 6.07) is 14.2. The highest BCUT2D eigenvalue weighted by Crippen LogP contribution is 2.32. The Morgan fingerprint density at radius 2 is 1.80 bits per heavy atom. The topological polar surface area (TPSA) is 20.3 Å². The summed E-state index contributed by atoms with van der Waals surface area (Å²) in [7, 11) is 0. The van der Waals surface area contributed by atoms with E-state index in [0.717, 1.165) is 28.0 Å². The van der Waals surface area contributed by atoms with E-state index in [1.54, 1.807) is 6.92 Å². The zero-order chi connectivity index (χ0) is 14.7. The summed E-state index contributed by atoms with van der Waals surface area (Å²) in [5.41, 5.74) is 4.19. The number of hydrogen-bond acceptors (Lipinski definition) is 2. The van der Waals surface area contributed by atoms with Crippen LogP contribution < -0.4 is 4.90 Å². The molecule has 0 atom stereocenters. The molecule has 0 fully saturated rings. The van der Waals surface area contributed by atoms with E-state index in [0.29, 0.717) is 0 Å². The summed E-state index contributed by atoms with van der Waals surface area (Å²) in [5.74, 6) is 0.0793. The highest BCUT2D eigenvalue weighted by Gasteiger charge is 2.12. The summed E-state index contributed by atoms with van der Waals surface area (Å²) in [6.45, 7) is 6.64. The fraction of sp³-hybridized carbons (Fsp3) is 0.235. The molecule has 0 unspecified atom stereocenters. The van der Waals surface area contributed by atoms with Crippen LogP contribution in [0.2, 0.25) is 0 Å². The van der Waals surface area contributed by atoms with Crippen LogP contribution >= 0.6 is 15.9 Å². The van der Waals surface area contributed by atoms with Crippen molar-refractivity contribution in [1.82, 2.24) is 0 Å². The fourth-order valence-corrected chi connectivity index (χ4v) is 2.75. The Balaban J connectivity index is 2.41. The summed E-state index contributed by atoms with van der Waals surface area (Å²) < 4.78 is 0.938. The van der Waals surface area contributed by atoms with Gasteiger partial charge in [-0.1, -0.05) is 17.7 Å². The second kappa shape index (κ2) is 6.23. The Hall–Kier alpha value is -1.61. The molecule has 0 amide bonds. The molecule has 0 aliphatic rings. The van der Waals surface area contributed by atoms with Crippen LogP contribution in [0.15, 0.2) is 46.9 Å². The van der Waals surface area contributed by atoms with E-state index in [2.05, 4.69) is 58.9 Å². The van der Waals surface area contributed by atoms with E-state index >= 15 is 0 Å². The zero-order valence-electron chi connectivity index (χ0n) is 12.0. The van der Waals surface area contributed by atoms with Crippen molar-refractivity contribution in [2.75, 3.05) is 11.4 Å². The third-order valence-electron chi connectivity index (χ3n) is 3.31. The van der Waals surface area contributed by atoms with Crippen LogP contribution in [0.1, 0.15) is 29.8 Å². The number of carbonyl (C=O) groups is 1. The number of ketones is 1. The molecule has 3 heteroatoms. The van der Waals surface area contributed by atoms with Gasteiger partial charge in [0.15, 0.2) is 5.78 Å². The van der Waals surface area contributed by atoms with Crippen molar-refractivity contribution in [1.29, 1.82) is 0 Å². The number of benzene rings is 2. The standard InChI is InChI=1S/C17H18BrNO/c1-4-19(15-8-5-12(2)6-9-15)17-10-7-14(13(3)20)11-16(17)18/h5-11H,4H2,1-3H3. The summed E-state index contributed by atoms with van der Waals surface area (Å²) in [6.07, 6.45) is 0. The predicted molar refractivity (Wildman–Crippen MR) is 88.0 cm³/mol. The highest BCUT2D eigenvalue weighted by atomic mass is 79.9. The van der Waals surface area contributed by atoms with E-state index in [1.165, 1.54) is 5.56 Å². The summed E-state index contributed by atoms with van der Waals surface area (Å²) in [5, 5.41) is 0. The lowest BCUT2D eigenvalue weighted by Crippen LogP contribution is -2.16. The SMILES string of the molecule is CCN(c1ccc(C)cc1)c1ccc(C(C)=O)cc1Br. The van der Waals surface area contributed by atoms with Crippen molar-refractivity contribution in [2.45, 2.75) is 20.8 Å². The summed E-state index contributed by atoms with van der Waals surface area (Å²) >= 11 is 3.57. The Bertz CT molecular complexity index is 619. The number of Topliss-reactive ketones (excluding diaryl/α,β-unsaturated/α-hetero) is 1. The average molecular weight is 332 g/mol. The number of rotatable bonds is 4. The molecule has 2 rings (SSSR count). The van der Waals surface area contributed by atoms with Gasteiger partial charge in [-0.2, -0.15) is 0 Å². The number of halogens is 1. The molecular formula is C17H18BrNO. The van der Waals surface area contributed by atoms with Gasteiger partial charge in [-0.3, -0.25) is 4.79 Å². The molecule has 0 aliphatic heterocycles. The van der Waals surface area contributed by atoms with Gasteiger partial charge in [0.05, 0.1) is 5.69 Å². The first-order valence-corrected chi connectivity index (χ1v) is 7.47. The van der Waals surface area contributed by atoms with Gasteiger partial charge in [0.1, 0.15) is 0 Å². The third kappa shape index (κ3) is 3.10. The van der Waals surface area contributed by atoms with Gasteiger partial charge in [-0.25, -0.2) is 0 Å². The van der Waals surface area contributed by atoms with E-state index in [1.807, 2.05) is 18.2 Å². The lowest BCUT2D eigenvalue weighted by Gasteiger charge is -2.25. The van der Waals surface area contributed by atoms with Gasteiger partial charge in [0.2, 0.25) is 0 Å². The maximum atomic E-state index is 11.4. The monoisotopic (exact) mass is 331 g/mol. The van der Waals surface area contributed by atoms with Crippen LogP contribution in [0.4, 0.5) is 11.4 Å². The maximum absolute atomic E-state index is 11.4. The third-order valence-corrected chi connectivity index (χ3v) is 3.94. The van der Waals surface area contributed by atoms with Gasteiger partial charge < -0.3 is 4.90 Å². The van der Waals surface area contributed by atoms with Crippen LogP contribution in [0, 0.1) is 6.92 Å². The molecule has 0 spiro atoms. The molecule has 0 heterocycles. The van der Waals surface area contributed by atoms with Crippen molar-refractivity contribution in [3.63, 3.8) is 0 Å². The first-order chi connectivity index (χ1) is 9.52. The van der Waals surface area contributed by atoms with Crippen molar-refractivity contribution in [3.8, 4) is 0 Å². The van der Waals surface area contributed by atoms with E-state index < -0.39 is 0 Å². The number of aryl methyl sites for hydroxylation is 1. The quantitative estimate of drug-likeness (QED) is 0.725. The van der Waals surface area contributed by atoms with Crippen molar-refractivity contribution in [2.24, 2.45) is 0 Å². The first-order valence-electron chi connectivity index (χ1n) is 6.67. The molecule has 2 aromatic carbocycles. The minimum Gasteiger partial charge on any atom is -0.341 e. The molecule has 104 valence electrons. The normalized spacial score (nSPS) is 10.4. The molecule has 0 saturated carbocycles. The number of nitrogens with zero attached hydrogens (tertiary/aromatic N) is 1.